The first-order chi connectivity index (χ1) is 11.1. The topological polar surface area (TPSA) is 62.7 Å². The molecule has 2 rings (SSSR count). The lowest BCUT2D eigenvalue weighted by Gasteiger charge is -2.16. The highest BCUT2D eigenvalue weighted by Crippen LogP contribution is 2.48. The fourth-order valence-electron chi connectivity index (χ4n) is 2.46. The van der Waals surface area contributed by atoms with Gasteiger partial charge in [0.05, 0.1) is 20.1 Å². The summed E-state index contributed by atoms with van der Waals surface area (Å²) < 4.78 is 5.75. The van der Waals surface area contributed by atoms with Gasteiger partial charge in [0.15, 0.2) is 5.96 Å². The number of rotatable bonds is 7. The standard InChI is InChI=1S/C17H24BrN3O2/c1-3-19-16(20-10-7-15(22)23-2)21-12-17(8-9-17)13-5-4-6-14(18)11-13/h4-6,11H,3,7-10,12H2,1-2H3,(H2,19,20,21). The molecular formula is C17H24BrN3O2. The van der Waals surface area contributed by atoms with Crippen LogP contribution in [-0.4, -0.2) is 38.7 Å². The predicted molar refractivity (Wildman–Crippen MR) is 95.7 cm³/mol. The molecule has 0 bridgehead atoms. The fourth-order valence-corrected chi connectivity index (χ4v) is 2.86. The summed E-state index contributed by atoms with van der Waals surface area (Å²) >= 11 is 3.54. The van der Waals surface area contributed by atoms with Crippen LogP contribution in [0.15, 0.2) is 33.7 Å². The third kappa shape index (κ3) is 5.23. The van der Waals surface area contributed by atoms with Gasteiger partial charge in [0, 0.05) is 23.0 Å². The minimum atomic E-state index is -0.221. The Bertz CT molecular complexity index is 571. The molecule has 6 heteroatoms. The van der Waals surface area contributed by atoms with Crippen LogP contribution in [0.5, 0.6) is 0 Å². The number of hydrogen-bond acceptors (Lipinski definition) is 3. The molecule has 0 aliphatic heterocycles. The molecule has 0 radical (unpaired) electrons. The molecule has 5 nitrogen and oxygen atoms in total. The lowest BCUT2D eigenvalue weighted by Crippen LogP contribution is -2.39. The van der Waals surface area contributed by atoms with E-state index in [0.717, 1.165) is 36.4 Å². The van der Waals surface area contributed by atoms with Gasteiger partial charge in [-0.3, -0.25) is 9.79 Å². The number of esters is 1. The van der Waals surface area contributed by atoms with Crippen molar-refractivity contribution in [2.45, 2.75) is 31.6 Å². The minimum Gasteiger partial charge on any atom is -0.469 e. The number of carbonyl (C=O) groups is 1. The number of halogens is 1. The van der Waals surface area contributed by atoms with E-state index in [0.29, 0.717) is 13.0 Å². The summed E-state index contributed by atoms with van der Waals surface area (Å²) in [6.45, 7) is 4.08. The first-order valence-corrected chi connectivity index (χ1v) is 8.74. The molecule has 0 spiro atoms. The van der Waals surface area contributed by atoms with Gasteiger partial charge in [-0.1, -0.05) is 28.1 Å². The number of nitrogens with zero attached hydrogens (tertiary/aromatic N) is 1. The SMILES string of the molecule is CCNC(=NCC1(c2cccc(Br)c2)CC1)NCCC(=O)OC. The van der Waals surface area contributed by atoms with Crippen LogP contribution in [-0.2, 0) is 14.9 Å². The highest BCUT2D eigenvalue weighted by atomic mass is 79.9. The summed E-state index contributed by atoms with van der Waals surface area (Å²) in [5.41, 5.74) is 1.50. The van der Waals surface area contributed by atoms with Crippen LogP contribution in [0.2, 0.25) is 0 Å². The van der Waals surface area contributed by atoms with E-state index in [9.17, 15) is 4.79 Å². The van der Waals surface area contributed by atoms with E-state index >= 15 is 0 Å². The van der Waals surface area contributed by atoms with Gasteiger partial charge in [0.25, 0.3) is 0 Å². The van der Waals surface area contributed by atoms with Crippen LogP contribution >= 0.6 is 15.9 Å². The summed E-state index contributed by atoms with van der Waals surface area (Å²) in [6, 6.07) is 8.47. The molecule has 0 heterocycles. The molecule has 1 aromatic carbocycles. The normalized spacial score (nSPS) is 15.9. The van der Waals surface area contributed by atoms with E-state index in [-0.39, 0.29) is 11.4 Å². The molecule has 1 aliphatic carbocycles. The van der Waals surface area contributed by atoms with Gasteiger partial charge < -0.3 is 15.4 Å². The molecule has 0 saturated heterocycles. The average molecular weight is 382 g/mol. The Morgan fingerprint density at radius 3 is 2.78 bits per heavy atom. The molecule has 1 aromatic rings. The molecule has 0 atom stereocenters. The monoisotopic (exact) mass is 381 g/mol. The van der Waals surface area contributed by atoms with E-state index < -0.39 is 0 Å². The van der Waals surface area contributed by atoms with Crippen LogP contribution in [0.25, 0.3) is 0 Å². The highest BCUT2D eigenvalue weighted by molar-refractivity contribution is 9.10. The zero-order valence-corrected chi connectivity index (χ0v) is 15.3. The number of carbonyl (C=O) groups excluding carboxylic acids is 1. The lowest BCUT2D eigenvalue weighted by atomic mass is 9.96. The Labute approximate surface area is 146 Å². The summed E-state index contributed by atoms with van der Waals surface area (Å²) in [7, 11) is 1.40. The van der Waals surface area contributed by atoms with Crippen molar-refractivity contribution in [3.63, 3.8) is 0 Å². The number of nitrogens with one attached hydrogen (secondary N) is 2. The lowest BCUT2D eigenvalue weighted by molar-refractivity contribution is -0.140. The second-order valence-corrected chi connectivity index (χ2v) is 6.65. The summed E-state index contributed by atoms with van der Waals surface area (Å²) in [5.74, 6) is 0.527. The van der Waals surface area contributed by atoms with Gasteiger partial charge in [-0.05, 0) is 37.5 Å². The van der Waals surface area contributed by atoms with Crippen molar-refractivity contribution in [1.29, 1.82) is 0 Å². The van der Waals surface area contributed by atoms with Crippen LogP contribution < -0.4 is 10.6 Å². The quantitative estimate of drug-likeness (QED) is 0.432. The largest absolute Gasteiger partial charge is 0.469 e. The van der Waals surface area contributed by atoms with Crippen molar-refractivity contribution in [2.24, 2.45) is 4.99 Å². The molecular weight excluding hydrogens is 358 g/mol. The molecule has 0 amide bonds. The van der Waals surface area contributed by atoms with Gasteiger partial charge in [0.1, 0.15) is 0 Å². The average Bonchev–Trinajstić information content (AvgIpc) is 3.33. The molecule has 0 unspecified atom stereocenters. The Balaban J connectivity index is 1.95. The van der Waals surface area contributed by atoms with Gasteiger partial charge in [-0.2, -0.15) is 0 Å². The Morgan fingerprint density at radius 1 is 1.39 bits per heavy atom. The van der Waals surface area contributed by atoms with E-state index in [4.69, 9.17) is 4.99 Å². The highest BCUT2D eigenvalue weighted by Gasteiger charge is 2.44. The van der Waals surface area contributed by atoms with E-state index in [1.165, 1.54) is 12.7 Å². The number of hydrogen-bond donors (Lipinski definition) is 2. The number of methoxy groups -OCH3 is 1. The number of guanidine groups is 1. The van der Waals surface area contributed by atoms with Crippen molar-refractivity contribution >= 4 is 27.9 Å². The number of ether oxygens (including phenoxy) is 1. The maximum atomic E-state index is 11.2. The first-order valence-electron chi connectivity index (χ1n) is 7.95. The number of aliphatic imine (C=N–C) groups is 1. The van der Waals surface area contributed by atoms with Gasteiger partial charge in [-0.25, -0.2) is 0 Å². The van der Waals surface area contributed by atoms with Crippen molar-refractivity contribution in [3.05, 3.63) is 34.3 Å². The number of benzene rings is 1. The van der Waals surface area contributed by atoms with Crippen molar-refractivity contribution in [3.8, 4) is 0 Å². The van der Waals surface area contributed by atoms with Crippen LogP contribution in [0.1, 0.15) is 31.7 Å². The van der Waals surface area contributed by atoms with Crippen molar-refractivity contribution in [2.75, 3.05) is 26.7 Å². The zero-order chi connectivity index (χ0) is 16.7. The predicted octanol–water partition coefficient (Wildman–Crippen LogP) is 2.60. The fraction of sp³-hybridized carbons (Fsp3) is 0.529. The van der Waals surface area contributed by atoms with Crippen LogP contribution in [0.4, 0.5) is 0 Å². The molecule has 1 saturated carbocycles. The smallest absolute Gasteiger partial charge is 0.307 e. The molecule has 23 heavy (non-hydrogen) atoms. The molecule has 0 aromatic heterocycles. The Hall–Kier alpha value is -1.56. The van der Waals surface area contributed by atoms with Crippen LogP contribution in [0, 0.1) is 0 Å². The maximum absolute atomic E-state index is 11.2. The zero-order valence-electron chi connectivity index (χ0n) is 13.7. The second kappa shape index (κ2) is 8.34. The third-order valence-corrected chi connectivity index (χ3v) is 4.52. The maximum Gasteiger partial charge on any atom is 0.307 e. The molecule has 126 valence electrons. The van der Waals surface area contributed by atoms with E-state index in [2.05, 4.69) is 49.5 Å². The second-order valence-electron chi connectivity index (χ2n) is 5.74. The van der Waals surface area contributed by atoms with Crippen molar-refractivity contribution in [1.82, 2.24) is 10.6 Å². The summed E-state index contributed by atoms with van der Waals surface area (Å²) in [5, 5.41) is 6.39. The Morgan fingerprint density at radius 2 is 2.17 bits per heavy atom. The van der Waals surface area contributed by atoms with Gasteiger partial charge in [0.2, 0.25) is 0 Å². The van der Waals surface area contributed by atoms with E-state index in [1.807, 2.05) is 13.0 Å². The van der Waals surface area contributed by atoms with Gasteiger partial charge in [-0.15, -0.1) is 0 Å². The van der Waals surface area contributed by atoms with Crippen molar-refractivity contribution < 1.29 is 9.53 Å². The minimum absolute atomic E-state index is 0.161. The van der Waals surface area contributed by atoms with Crippen LogP contribution in [0.3, 0.4) is 0 Å². The molecule has 1 aliphatic rings. The molecule has 1 fully saturated rings. The summed E-state index contributed by atoms with van der Waals surface area (Å²) in [6.07, 6.45) is 2.65. The van der Waals surface area contributed by atoms with E-state index in [1.54, 1.807) is 0 Å². The molecule has 2 N–H and O–H groups in total. The third-order valence-electron chi connectivity index (χ3n) is 4.02. The summed E-state index contributed by atoms with van der Waals surface area (Å²) in [4.78, 5) is 15.9. The Kier molecular flexibility index (Phi) is 6.45. The first kappa shape index (κ1) is 17.8. The van der Waals surface area contributed by atoms with Gasteiger partial charge >= 0.3 is 5.97 Å².